The van der Waals surface area contributed by atoms with Crippen LogP contribution in [0.5, 0.6) is 5.75 Å². The summed E-state index contributed by atoms with van der Waals surface area (Å²) in [5, 5.41) is 6.36. The van der Waals surface area contributed by atoms with Crippen LogP contribution in [0, 0.1) is 5.82 Å². The summed E-state index contributed by atoms with van der Waals surface area (Å²) in [6.45, 7) is 2.66. The standard InChI is InChI=1S/C16H21FN4O/c1-18-16(19-7-11-21-9-2-3-10-21)20-8-12-22-15-6-4-5-14(17)13-15/h2-6,9-10,13H,7-8,11-12H2,1H3,(H2,18,19,20). The molecule has 0 aliphatic heterocycles. The van der Waals surface area contributed by atoms with Crippen molar-refractivity contribution in [3.63, 3.8) is 0 Å². The molecule has 5 nitrogen and oxygen atoms in total. The zero-order valence-electron chi connectivity index (χ0n) is 12.6. The van der Waals surface area contributed by atoms with Crippen LogP contribution in [0.4, 0.5) is 4.39 Å². The number of halogens is 1. The number of benzene rings is 1. The number of aliphatic imine (C=N–C) groups is 1. The molecule has 2 N–H and O–H groups in total. The van der Waals surface area contributed by atoms with E-state index in [1.54, 1.807) is 19.2 Å². The Morgan fingerprint density at radius 3 is 2.68 bits per heavy atom. The number of hydrogen-bond acceptors (Lipinski definition) is 2. The van der Waals surface area contributed by atoms with Gasteiger partial charge in [-0.15, -0.1) is 0 Å². The van der Waals surface area contributed by atoms with Gasteiger partial charge in [0.25, 0.3) is 0 Å². The summed E-state index contributed by atoms with van der Waals surface area (Å²) in [4.78, 5) is 4.14. The van der Waals surface area contributed by atoms with E-state index in [1.165, 1.54) is 12.1 Å². The number of guanidine groups is 1. The summed E-state index contributed by atoms with van der Waals surface area (Å²) in [6, 6.07) is 10.1. The van der Waals surface area contributed by atoms with Crippen molar-refractivity contribution in [2.45, 2.75) is 6.54 Å². The summed E-state index contributed by atoms with van der Waals surface area (Å²) in [5.41, 5.74) is 0. The highest BCUT2D eigenvalue weighted by Gasteiger charge is 1.98. The maximum atomic E-state index is 13.0. The highest BCUT2D eigenvalue weighted by atomic mass is 19.1. The molecule has 0 saturated heterocycles. The zero-order chi connectivity index (χ0) is 15.6. The minimum atomic E-state index is -0.298. The van der Waals surface area contributed by atoms with Crippen molar-refractivity contribution >= 4 is 5.96 Å². The van der Waals surface area contributed by atoms with Gasteiger partial charge in [-0.3, -0.25) is 4.99 Å². The van der Waals surface area contributed by atoms with E-state index in [9.17, 15) is 4.39 Å². The van der Waals surface area contributed by atoms with E-state index < -0.39 is 0 Å². The quantitative estimate of drug-likeness (QED) is 0.466. The van der Waals surface area contributed by atoms with Gasteiger partial charge >= 0.3 is 0 Å². The van der Waals surface area contributed by atoms with Crippen LogP contribution in [0.1, 0.15) is 0 Å². The molecular formula is C16H21FN4O. The molecule has 0 spiro atoms. The van der Waals surface area contributed by atoms with Crippen LogP contribution in [0.3, 0.4) is 0 Å². The SMILES string of the molecule is CN=C(NCCOc1cccc(F)c1)NCCn1cccc1. The van der Waals surface area contributed by atoms with E-state index in [0.29, 0.717) is 18.9 Å². The maximum Gasteiger partial charge on any atom is 0.191 e. The fraction of sp³-hybridized carbons (Fsp3) is 0.312. The molecule has 2 rings (SSSR count). The minimum Gasteiger partial charge on any atom is -0.492 e. The number of hydrogen-bond donors (Lipinski definition) is 2. The first-order valence-corrected chi connectivity index (χ1v) is 7.21. The maximum absolute atomic E-state index is 13.0. The number of nitrogens with zero attached hydrogens (tertiary/aromatic N) is 2. The number of rotatable bonds is 7. The van der Waals surface area contributed by atoms with Gasteiger partial charge in [-0.2, -0.15) is 0 Å². The van der Waals surface area contributed by atoms with Crippen LogP contribution in [-0.4, -0.2) is 37.3 Å². The second-order valence-corrected chi connectivity index (χ2v) is 4.65. The second-order valence-electron chi connectivity index (χ2n) is 4.65. The molecular weight excluding hydrogens is 283 g/mol. The van der Waals surface area contributed by atoms with Gasteiger partial charge in [-0.1, -0.05) is 6.07 Å². The molecule has 1 aromatic carbocycles. The summed E-state index contributed by atoms with van der Waals surface area (Å²) in [7, 11) is 1.72. The molecule has 0 amide bonds. The first kappa shape index (κ1) is 15.9. The molecule has 1 aromatic heterocycles. The summed E-state index contributed by atoms with van der Waals surface area (Å²) >= 11 is 0. The third-order valence-electron chi connectivity index (χ3n) is 3.01. The average molecular weight is 304 g/mol. The molecule has 1 heterocycles. The summed E-state index contributed by atoms with van der Waals surface area (Å²) in [6.07, 6.45) is 4.04. The molecule has 0 atom stereocenters. The Bertz CT molecular complexity index is 584. The van der Waals surface area contributed by atoms with Crippen LogP contribution in [0.25, 0.3) is 0 Å². The highest BCUT2D eigenvalue weighted by molar-refractivity contribution is 5.79. The third kappa shape index (κ3) is 5.47. The lowest BCUT2D eigenvalue weighted by Crippen LogP contribution is -2.40. The number of nitrogens with one attached hydrogen (secondary N) is 2. The van der Waals surface area contributed by atoms with Crippen LogP contribution >= 0.6 is 0 Å². The van der Waals surface area contributed by atoms with Gasteiger partial charge in [-0.05, 0) is 24.3 Å². The normalized spacial score (nSPS) is 11.3. The summed E-state index contributed by atoms with van der Waals surface area (Å²) < 4.78 is 20.5. The lowest BCUT2D eigenvalue weighted by Gasteiger charge is -2.13. The predicted octanol–water partition coefficient (Wildman–Crippen LogP) is 1.87. The fourth-order valence-corrected chi connectivity index (χ4v) is 1.94. The molecule has 0 bridgehead atoms. The van der Waals surface area contributed by atoms with Crippen LogP contribution in [0.15, 0.2) is 53.8 Å². The van der Waals surface area contributed by atoms with Gasteiger partial charge in [0.15, 0.2) is 5.96 Å². The smallest absolute Gasteiger partial charge is 0.191 e. The molecule has 0 aliphatic rings. The Morgan fingerprint density at radius 2 is 1.95 bits per heavy atom. The molecule has 22 heavy (non-hydrogen) atoms. The second kappa shape index (κ2) is 8.71. The Kier molecular flexibility index (Phi) is 6.29. The van der Waals surface area contributed by atoms with Crippen molar-refractivity contribution in [3.05, 3.63) is 54.6 Å². The monoisotopic (exact) mass is 304 g/mol. The third-order valence-corrected chi connectivity index (χ3v) is 3.01. The van der Waals surface area contributed by atoms with E-state index >= 15 is 0 Å². The molecule has 118 valence electrons. The van der Waals surface area contributed by atoms with Gasteiger partial charge in [-0.25, -0.2) is 4.39 Å². The molecule has 0 saturated carbocycles. The van der Waals surface area contributed by atoms with E-state index in [2.05, 4.69) is 20.2 Å². The highest BCUT2D eigenvalue weighted by Crippen LogP contribution is 2.11. The van der Waals surface area contributed by atoms with Gasteiger partial charge < -0.3 is 19.9 Å². The van der Waals surface area contributed by atoms with Crippen molar-refractivity contribution in [1.82, 2.24) is 15.2 Å². The number of ether oxygens (including phenoxy) is 1. The topological polar surface area (TPSA) is 50.6 Å². The Morgan fingerprint density at radius 1 is 1.18 bits per heavy atom. The predicted molar refractivity (Wildman–Crippen MR) is 85.7 cm³/mol. The fourth-order valence-electron chi connectivity index (χ4n) is 1.94. The van der Waals surface area contributed by atoms with Gasteiger partial charge in [0.1, 0.15) is 18.2 Å². The lowest BCUT2D eigenvalue weighted by molar-refractivity contribution is 0.320. The Balaban J connectivity index is 1.62. The van der Waals surface area contributed by atoms with E-state index in [4.69, 9.17) is 4.74 Å². The van der Waals surface area contributed by atoms with E-state index in [1.807, 2.05) is 24.5 Å². The largest absolute Gasteiger partial charge is 0.492 e. The molecule has 0 fully saturated rings. The Labute approximate surface area is 129 Å². The van der Waals surface area contributed by atoms with Gasteiger partial charge in [0, 0.05) is 38.6 Å². The van der Waals surface area contributed by atoms with Crippen molar-refractivity contribution in [1.29, 1.82) is 0 Å². The molecule has 0 radical (unpaired) electrons. The lowest BCUT2D eigenvalue weighted by atomic mass is 10.3. The van der Waals surface area contributed by atoms with Gasteiger partial charge in [0.05, 0.1) is 6.54 Å². The molecule has 2 aromatic rings. The first-order valence-electron chi connectivity index (χ1n) is 7.21. The van der Waals surface area contributed by atoms with Crippen molar-refractivity contribution in [2.75, 3.05) is 26.7 Å². The van der Waals surface area contributed by atoms with Crippen molar-refractivity contribution < 1.29 is 9.13 Å². The molecule has 0 unspecified atom stereocenters. The van der Waals surface area contributed by atoms with E-state index in [0.717, 1.165) is 19.0 Å². The molecule has 6 heteroatoms. The average Bonchev–Trinajstić information content (AvgIpc) is 3.03. The Hall–Kier alpha value is -2.50. The zero-order valence-corrected chi connectivity index (χ0v) is 12.6. The minimum absolute atomic E-state index is 0.298. The van der Waals surface area contributed by atoms with Crippen molar-refractivity contribution in [3.8, 4) is 5.75 Å². The van der Waals surface area contributed by atoms with Crippen LogP contribution in [0.2, 0.25) is 0 Å². The van der Waals surface area contributed by atoms with Crippen LogP contribution in [-0.2, 0) is 6.54 Å². The van der Waals surface area contributed by atoms with E-state index in [-0.39, 0.29) is 5.82 Å². The molecule has 0 aliphatic carbocycles. The van der Waals surface area contributed by atoms with Crippen LogP contribution < -0.4 is 15.4 Å². The van der Waals surface area contributed by atoms with Crippen molar-refractivity contribution in [2.24, 2.45) is 4.99 Å². The van der Waals surface area contributed by atoms with Gasteiger partial charge in [0.2, 0.25) is 0 Å². The summed E-state index contributed by atoms with van der Waals surface area (Å²) in [5.74, 6) is 0.945. The number of aromatic nitrogens is 1. The first-order chi connectivity index (χ1) is 10.8.